The molecule has 0 aliphatic heterocycles. The molecular formula is C12H22N2OS. The Kier molecular flexibility index (Phi) is 10.4. The molecule has 3 N–H and O–H groups in total. The van der Waals surface area contributed by atoms with E-state index in [1.807, 2.05) is 11.8 Å². The average molecular weight is 242 g/mol. The van der Waals surface area contributed by atoms with E-state index in [1.54, 1.807) is 0 Å². The molecule has 92 valence electrons. The molecule has 0 bridgehead atoms. The molecule has 1 atom stereocenters. The van der Waals surface area contributed by atoms with Crippen molar-refractivity contribution in [1.29, 1.82) is 0 Å². The fraction of sp³-hybridized carbons (Fsp3) is 0.750. The summed E-state index contributed by atoms with van der Waals surface area (Å²) in [7, 11) is 0. The SMILES string of the molecule is C#CCC(N)C(=O)NCCCCCCSC. The molecule has 0 aliphatic carbocycles. The van der Waals surface area contributed by atoms with Crippen molar-refractivity contribution in [2.75, 3.05) is 18.6 Å². The monoisotopic (exact) mass is 242 g/mol. The van der Waals surface area contributed by atoms with Crippen LogP contribution in [0.3, 0.4) is 0 Å². The van der Waals surface area contributed by atoms with Crippen LogP contribution >= 0.6 is 11.8 Å². The summed E-state index contributed by atoms with van der Waals surface area (Å²) in [6.07, 6.45) is 12.2. The van der Waals surface area contributed by atoms with E-state index in [4.69, 9.17) is 12.2 Å². The fourth-order valence-electron chi connectivity index (χ4n) is 1.29. The largest absolute Gasteiger partial charge is 0.355 e. The van der Waals surface area contributed by atoms with Crippen LogP contribution in [0.4, 0.5) is 0 Å². The van der Waals surface area contributed by atoms with Gasteiger partial charge in [-0.2, -0.15) is 11.8 Å². The average Bonchev–Trinajstić information content (AvgIpc) is 2.28. The Balaban J connectivity index is 3.31. The van der Waals surface area contributed by atoms with Gasteiger partial charge in [-0.3, -0.25) is 4.79 Å². The normalized spacial score (nSPS) is 11.8. The van der Waals surface area contributed by atoms with Crippen LogP contribution < -0.4 is 11.1 Å². The minimum absolute atomic E-state index is 0.137. The number of hydrogen-bond acceptors (Lipinski definition) is 3. The van der Waals surface area contributed by atoms with Gasteiger partial charge in [0.25, 0.3) is 0 Å². The smallest absolute Gasteiger partial charge is 0.237 e. The van der Waals surface area contributed by atoms with Gasteiger partial charge in [-0.15, -0.1) is 12.3 Å². The van der Waals surface area contributed by atoms with Gasteiger partial charge >= 0.3 is 0 Å². The highest BCUT2D eigenvalue weighted by molar-refractivity contribution is 7.98. The number of hydrogen-bond donors (Lipinski definition) is 2. The molecule has 0 aromatic carbocycles. The molecule has 0 saturated carbocycles. The predicted molar refractivity (Wildman–Crippen MR) is 71.3 cm³/mol. The van der Waals surface area contributed by atoms with Gasteiger partial charge in [-0.25, -0.2) is 0 Å². The molecule has 0 fully saturated rings. The zero-order valence-electron chi connectivity index (χ0n) is 10.00. The summed E-state index contributed by atoms with van der Waals surface area (Å²) >= 11 is 1.87. The number of rotatable bonds is 9. The summed E-state index contributed by atoms with van der Waals surface area (Å²) in [6.45, 7) is 0.705. The lowest BCUT2D eigenvalue weighted by Crippen LogP contribution is -2.40. The first-order valence-corrected chi connectivity index (χ1v) is 7.07. The lowest BCUT2D eigenvalue weighted by Gasteiger charge is -2.09. The lowest BCUT2D eigenvalue weighted by molar-refractivity contribution is -0.122. The predicted octanol–water partition coefficient (Wildman–Crippen LogP) is 1.38. The molecule has 0 heterocycles. The third kappa shape index (κ3) is 8.63. The van der Waals surface area contributed by atoms with Gasteiger partial charge in [0.1, 0.15) is 0 Å². The van der Waals surface area contributed by atoms with Crippen LogP contribution in [-0.2, 0) is 4.79 Å². The van der Waals surface area contributed by atoms with Gasteiger partial charge < -0.3 is 11.1 Å². The van der Waals surface area contributed by atoms with Crippen molar-refractivity contribution < 1.29 is 4.79 Å². The highest BCUT2D eigenvalue weighted by atomic mass is 32.2. The Labute approximate surface area is 103 Å². The van der Waals surface area contributed by atoms with Crippen LogP contribution in [0.1, 0.15) is 32.1 Å². The highest BCUT2D eigenvalue weighted by Crippen LogP contribution is 2.03. The van der Waals surface area contributed by atoms with Crippen molar-refractivity contribution in [3.8, 4) is 12.3 Å². The number of amides is 1. The molecule has 0 radical (unpaired) electrons. The zero-order chi connectivity index (χ0) is 12.2. The van der Waals surface area contributed by atoms with Gasteiger partial charge in [-0.1, -0.05) is 12.8 Å². The van der Waals surface area contributed by atoms with Gasteiger partial charge in [0, 0.05) is 13.0 Å². The number of terminal acetylenes is 1. The van der Waals surface area contributed by atoms with Gasteiger partial charge in [0.2, 0.25) is 5.91 Å². The summed E-state index contributed by atoms with van der Waals surface area (Å²) in [5.41, 5.74) is 5.55. The molecule has 1 amide bonds. The van der Waals surface area contributed by atoms with E-state index in [0.29, 0.717) is 13.0 Å². The van der Waals surface area contributed by atoms with Gasteiger partial charge in [0.15, 0.2) is 0 Å². The first-order valence-electron chi connectivity index (χ1n) is 5.68. The maximum Gasteiger partial charge on any atom is 0.237 e. The third-order valence-corrected chi connectivity index (χ3v) is 2.95. The minimum Gasteiger partial charge on any atom is -0.355 e. The molecule has 0 rings (SSSR count). The molecule has 4 heteroatoms. The van der Waals surface area contributed by atoms with Crippen molar-refractivity contribution >= 4 is 17.7 Å². The van der Waals surface area contributed by atoms with E-state index < -0.39 is 6.04 Å². The van der Waals surface area contributed by atoms with Crippen molar-refractivity contribution in [3.05, 3.63) is 0 Å². The number of nitrogens with one attached hydrogen (secondary N) is 1. The fourth-order valence-corrected chi connectivity index (χ4v) is 1.78. The van der Waals surface area contributed by atoms with Crippen molar-refractivity contribution in [3.63, 3.8) is 0 Å². The zero-order valence-corrected chi connectivity index (χ0v) is 10.8. The second-order valence-corrected chi connectivity index (χ2v) is 4.70. The van der Waals surface area contributed by atoms with E-state index >= 15 is 0 Å². The molecule has 16 heavy (non-hydrogen) atoms. The summed E-state index contributed by atoms with van der Waals surface area (Å²) in [6, 6.07) is -0.554. The van der Waals surface area contributed by atoms with Gasteiger partial charge in [-0.05, 0) is 24.9 Å². The van der Waals surface area contributed by atoms with E-state index in [0.717, 1.165) is 12.8 Å². The topological polar surface area (TPSA) is 55.1 Å². The minimum atomic E-state index is -0.554. The highest BCUT2D eigenvalue weighted by Gasteiger charge is 2.10. The molecular weight excluding hydrogens is 220 g/mol. The number of nitrogens with two attached hydrogens (primary N) is 1. The van der Waals surface area contributed by atoms with E-state index in [2.05, 4.69) is 17.5 Å². The Morgan fingerprint density at radius 1 is 1.44 bits per heavy atom. The van der Waals surface area contributed by atoms with Crippen LogP contribution in [0, 0.1) is 12.3 Å². The standard InChI is InChI=1S/C12H22N2OS/c1-3-8-11(13)12(15)14-9-6-4-5-7-10-16-2/h1,11H,4-10,13H2,2H3,(H,14,15). The Hall–Kier alpha value is -0.660. The molecule has 0 aromatic rings. The van der Waals surface area contributed by atoms with Crippen LogP contribution in [0.15, 0.2) is 0 Å². The van der Waals surface area contributed by atoms with Crippen molar-refractivity contribution in [2.45, 2.75) is 38.1 Å². The first-order chi connectivity index (χ1) is 7.72. The van der Waals surface area contributed by atoms with Crippen molar-refractivity contribution in [2.24, 2.45) is 5.73 Å². The van der Waals surface area contributed by atoms with Crippen LogP contribution in [-0.4, -0.2) is 30.5 Å². The molecule has 0 aliphatic rings. The maximum atomic E-state index is 11.3. The summed E-state index contributed by atoms with van der Waals surface area (Å²) in [5.74, 6) is 3.47. The molecule has 0 aromatic heterocycles. The van der Waals surface area contributed by atoms with Crippen LogP contribution in [0.2, 0.25) is 0 Å². The summed E-state index contributed by atoms with van der Waals surface area (Å²) in [4.78, 5) is 11.3. The Bertz CT molecular complexity index is 226. The van der Waals surface area contributed by atoms with E-state index in [-0.39, 0.29) is 5.91 Å². The van der Waals surface area contributed by atoms with Crippen LogP contribution in [0.25, 0.3) is 0 Å². The lowest BCUT2D eigenvalue weighted by atomic mass is 10.2. The Morgan fingerprint density at radius 3 is 2.75 bits per heavy atom. The number of thioether (sulfide) groups is 1. The molecule has 3 nitrogen and oxygen atoms in total. The summed E-state index contributed by atoms with van der Waals surface area (Å²) in [5, 5.41) is 2.79. The number of unbranched alkanes of at least 4 members (excludes halogenated alkanes) is 3. The molecule has 0 saturated heterocycles. The van der Waals surface area contributed by atoms with Gasteiger partial charge in [0.05, 0.1) is 6.04 Å². The summed E-state index contributed by atoms with van der Waals surface area (Å²) < 4.78 is 0. The first kappa shape index (κ1) is 15.3. The number of carbonyl (C=O) groups is 1. The Morgan fingerprint density at radius 2 is 2.12 bits per heavy atom. The third-order valence-electron chi connectivity index (χ3n) is 2.25. The molecule has 1 unspecified atom stereocenters. The van der Waals surface area contributed by atoms with E-state index in [1.165, 1.54) is 18.6 Å². The second kappa shape index (κ2) is 10.8. The molecule has 0 spiro atoms. The van der Waals surface area contributed by atoms with Crippen LogP contribution in [0.5, 0.6) is 0 Å². The number of carbonyl (C=O) groups excluding carboxylic acids is 1. The maximum absolute atomic E-state index is 11.3. The second-order valence-electron chi connectivity index (χ2n) is 3.71. The quantitative estimate of drug-likeness (QED) is 0.474. The van der Waals surface area contributed by atoms with Crippen molar-refractivity contribution in [1.82, 2.24) is 5.32 Å². The van der Waals surface area contributed by atoms with E-state index in [9.17, 15) is 4.79 Å².